The van der Waals surface area contributed by atoms with Crippen LogP contribution in [0.25, 0.3) is 0 Å². The van der Waals surface area contributed by atoms with Gasteiger partial charge in [0.15, 0.2) is 0 Å². The Kier molecular flexibility index (Phi) is 4.83. The van der Waals surface area contributed by atoms with Crippen LogP contribution in [0, 0.1) is 12.8 Å². The van der Waals surface area contributed by atoms with Gasteiger partial charge < -0.3 is 10.2 Å². The highest BCUT2D eigenvalue weighted by Crippen LogP contribution is 2.31. The number of carbonyl (C=O) groups excluding carboxylic acids is 1. The van der Waals surface area contributed by atoms with Crippen LogP contribution in [0.1, 0.15) is 31.7 Å². The van der Waals surface area contributed by atoms with E-state index in [4.69, 9.17) is 0 Å². The fourth-order valence-corrected chi connectivity index (χ4v) is 5.06. The van der Waals surface area contributed by atoms with Crippen molar-refractivity contribution in [3.05, 3.63) is 23.8 Å². The lowest BCUT2D eigenvalue weighted by molar-refractivity contribution is 0.187. The van der Waals surface area contributed by atoms with Crippen LogP contribution in [0.4, 0.5) is 10.5 Å². The second kappa shape index (κ2) is 6.72. The molecule has 0 saturated carbocycles. The number of likely N-dealkylation sites (tertiary alicyclic amines) is 1. The summed E-state index contributed by atoms with van der Waals surface area (Å²) < 4.78 is 26.6. The largest absolute Gasteiger partial charge is 0.335 e. The fourth-order valence-electron chi connectivity index (χ4n) is 3.48. The molecule has 3 rings (SSSR count). The summed E-state index contributed by atoms with van der Waals surface area (Å²) in [4.78, 5) is 14.9. The summed E-state index contributed by atoms with van der Waals surface area (Å²) in [6.45, 7) is 7.02. The number of urea groups is 1. The van der Waals surface area contributed by atoms with Crippen molar-refractivity contribution in [2.24, 2.45) is 5.92 Å². The molecule has 24 heavy (non-hydrogen) atoms. The Hall–Kier alpha value is -1.60. The van der Waals surface area contributed by atoms with Crippen molar-refractivity contribution in [2.75, 3.05) is 31.5 Å². The maximum atomic E-state index is 12.8. The topological polar surface area (TPSA) is 69.7 Å². The quantitative estimate of drug-likeness (QED) is 0.905. The number of sulfonamides is 1. The van der Waals surface area contributed by atoms with E-state index in [9.17, 15) is 13.2 Å². The van der Waals surface area contributed by atoms with E-state index in [2.05, 4.69) is 10.2 Å². The zero-order valence-corrected chi connectivity index (χ0v) is 15.1. The average molecular weight is 351 g/mol. The molecule has 0 bridgehead atoms. The molecule has 2 amide bonds. The maximum absolute atomic E-state index is 12.8. The van der Waals surface area contributed by atoms with Crippen molar-refractivity contribution >= 4 is 21.7 Å². The summed E-state index contributed by atoms with van der Waals surface area (Å²) in [6, 6.07) is 4.46. The van der Waals surface area contributed by atoms with E-state index in [1.807, 2.05) is 13.8 Å². The molecule has 0 radical (unpaired) electrons. The van der Waals surface area contributed by atoms with Gasteiger partial charge in [0.05, 0.1) is 5.69 Å². The Morgan fingerprint density at radius 3 is 2.58 bits per heavy atom. The molecule has 1 fully saturated rings. The van der Waals surface area contributed by atoms with Crippen LogP contribution in [0.15, 0.2) is 23.1 Å². The molecule has 1 unspecified atom stereocenters. The monoisotopic (exact) mass is 351 g/mol. The third-order valence-corrected chi connectivity index (χ3v) is 6.47. The third-order valence-electron chi connectivity index (χ3n) is 4.67. The van der Waals surface area contributed by atoms with Crippen molar-refractivity contribution in [1.82, 2.24) is 9.21 Å². The highest BCUT2D eigenvalue weighted by atomic mass is 32.2. The fraction of sp³-hybridized carbons (Fsp3) is 0.588. The number of amides is 2. The van der Waals surface area contributed by atoms with Crippen LogP contribution in [-0.2, 0) is 10.0 Å². The number of anilines is 1. The smallest absolute Gasteiger partial charge is 0.306 e. The minimum absolute atomic E-state index is 0.0932. The second-order valence-electron chi connectivity index (χ2n) is 6.93. The molecule has 0 spiro atoms. The van der Waals surface area contributed by atoms with Gasteiger partial charge in [-0.1, -0.05) is 19.4 Å². The third kappa shape index (κ3) is 3.42. The summed E-state index contributed by atoms with van der Waals surface area (Å²) in [5.74, 6) is 0.0932. The standard InChI is InChI=1S/C17H25N3O3S/c1-13-6-7-16-15(10-13)18-17(21)20(24(16,22)23)12-14(2)11-19-8-4-3-5-9-19/h6-7,10,14H,3-5,8-9,11-12H2,1-2H3,(H,18,21). The Balaban J connectivity index is 1.75. The van der Waals surface area contributed by atoms with Gasteiger partial charge in [-0.05, 0) is 56.5 Å². The number of rotatable bonds is 4. The van der Waals surface area contributed by atoms with Gasteiger partial charge in [0.2, 0.25) is 0 Å². The Morgan fingerprint density at radius 1 is 1.17 bits per heavy atom. The molecular formula is C17H25N3O3S. The molecule has 1 N–H and O–H groups in total. The van der Waals surface area contributed by atoms with Crippen LogP contribution in [0.2, 0.25) is 0 Å². The van der Waals surface area contributed by atoms with E-state index in [0.717, 1.165) is 29.5 Å². The number of fused-ring (bicyclic) bond motifs is 1. The molecule has 0 aromatic heterocycles. The molecule has 1 saturated heterocycles. The van der Waals surface area contributed by atoms with Gasteiger partial charge in [0.25, 0.3) is 10.0 Å². The first kappa shape index (κ1) is 17.2. The number of benzene rings is 1. The van der Waals surface area contributed by atoms with Gasteiger partial charge in [-0.15, -0.1) is 0 Å². The lowest BCUT2D eigenvalue weighted by Gasteiger charge is -2.33. The average Bonchev–Trinajstić information content (AvgIpc) is 2.52. The summed E-state index contributed by atoms with van der Waals surface area (Å²) >= 11 is 0. The summed E-state index contributed by atoms with van der Waals surface area (Å²) in [7, 11) is -3.78. The molecule has 0 aliphatic carbocycles. The van der Waals surface area contributed by atoms with E-state index in [1.54, 1.807) is 18.2 Å². The van der Waals surface area contributed by atoms with Crippen molar-refractivity contribution < 1.29 is 13.2 Å². The zero-order valence-electron chi connectivity index (χ0n) is 14.3. The van der Waals surface area contributed by atoms with E-state index >= 15 is 0 Å². The Bertz CT molecular complexity index is 727. The summed E-state index contributed by atoms with van der Waals surface area (Å²) in [6.07, 6.45) is 3.66. The van der Waals surface area contributed by atoms with Crippen LogP contribution in [0.3, 0.4) is 0 Å². The second-order valence-corrected chi connectivity index (χ2v) is 8.76. The predicted octanol–water partition coefficient (Wildman–Crippen LogP) is 2.65. The van der Waals surface area contributed by atoms with Crippen LogP contribution in [-0.4, -0.2) is 49.8 Å². The van der Waals surface area contributed by atoms with E-state index in [0.29, 0.717) is 5.69 Å². The van der Waals surface area contributed by atoms with Crippen molar-refractivity contribution in [3.63, 3.8) is 0 Å². The van der Waals surface area contributed by atoms with Gasteiger partial charge in [-0.3, -0.25) is 0 Å². The van der Waals surface area contributed by atoms with E-state index in [1.165, 1.54) is 19.3 Å². The molecule has 2 aliphatic heterocycles. The number of carbonyl (C=O) groups is 1. The summed E-state index contributed by atoms with van der Waals surface area (Å²) in [5.41, 5.74) is 1.29. The number of piperidine rings is 1. The lowest BCUT2D eigenvalue weighted by atomic mass is 10.1. The SMILES string of the molecule is Cc1ccc2c(c1)NC(=O)N(CC(C)CN1CCCCC1)S2(=O)=O. The first-order valence-corrected chi connectivity index (χ1v) is 9.98. The maximum Gasteiger partial charge on any atom is 0.335 e. The van der Waals surface area contributed by atoms with E-state index < -0.39 is 16.1 Å². The van der Waals surface area contributed by atoms with Gasteiger partial charge >= 0.3 is 6.03 Å². The molecule has 132 valence electrons. The van der Waals surface area contributed by atoms with E-state index in [-0.39, 0.29) is 17.4 Å². The van der Waals surface area contributed by atoms with Gasteiger partial charge in [0.1, 0.15) is 4.90 Å². The molecule has 1 aromatic carbocycles. The number of hydrogen-bond acceptors (Lipinski definition) is 4. The van der Waals surface area contributed by atoms with Crippen molar-refractivity contribution in [3.8, 4) is 0 Å². The lowest BCUT2D eigenvalue weighted by Crippen LogP contribution is -2.47. The molecule has 1 atom stereocenters. The first-order valence-electron chi connectivity index (χ1n) is 8.54. The number of aryl methyl sites for hydroxylation is 1. The van der Waals surface area contributed by atoms with Gasteiger partial charge in [0, 0.05) is 13.1 Å². The molecule has 2 aliphatic rings. The Labute approximate surface area is 143 Å². The molecular weight excluding hydrogens is 326 g/mol. The molecule has 7 heteroatoms. The zero-order chi connectivity index (χ0) is 17.3. The predicted molar refractivity (Wildman–Crippen MR) is 93.5 cm³/mol. The van der Waals surface area contributed by atoms with Crippen molar-refractivity contribution in [2.45, 2.75) is 38.0 Å². The number of hydrogen-bond donors (Lipinski definition) is 1. The minimum atomic E-state index is -3.78. The van der Waals surface area contributed by atoms with Gasteiger partial charge in [-0.2, -0.15) is 0 Å². The van der Waals surface area contributed by atoms with Crippen LogP contribution < -0.4 is 5.32 Å². The van der Waals surface area contributed by atoms with Crippen LogP contribution in [0.5, 0.6) is 0 Å². The molecule has 6 nitrogen and oxygen atoms in total. The van der Waals surface area contributed by atoms with Gasteiger partial charge in [-0.25, -0.2) is 17.5 Å². The number of nitrogens with zero attached hydrogens (tertiary/aromatic N) is 2. The summed E-state index contributed by atoms with van der Waals surface area (Å²) in [5, 5.41) is 2.71. The molecule has 2 heterocycles. The minimum Gasteiger partial charge on any atom is -0.306 e. The molecule has 1 aromatic rings. The first-order chi connectivity index (χ1) is 11.4. The highest BCUT2D eigenvalue weighted by molar-refractivity contribution is 7.90. The highest BCUT2D eigenvalue weighted by Gasteiger charge is 2.37. The Morgan fingerprint density at radius 2 is 1.88 bits per heavy atom. The number of nitrogens with one attached hydrogen (secondary N) is 1. The van der Waals surface area contributed by atoms with Crippen LogP contribution >= 0.6 is 0 Å². The van der Waals surface area contributed by atoms with Crippen molar-refractivity contribution in [1.29, 1.82) is 0 Å². The normalized spacial score (nSPS) is 21.9.